The number of rotatable bonds is 6. The highest BCUT2D eigenvalue weighted by Gasteiger charge is 2.34. The van der Waals surface area contributed by atoms with E-state index >= 15 is 0 Å². The number of aliphatic carboxylic acids is 1. The summed E-state index contributed by atoms with van der Waals surface area (Å²) in [5.41, 5.74) is 0.869. The van der Waals surface area contributed by atoms with Gasteiger partial charge in [-0.05, 0) is 44.0 Å². The molecule has 112 valence electrons. The Kier molecular flexibility index (Phi) is 4.04. The molecule has 21 heavy (non-hydrogen) atoms. The van der Waals surface area contributed by atoms with Crippen LogP contribution in [0, 0.1) is 0 Å². The number of furan rings is 1. The first-order valence-corrected chi connectivity index (χ1v) is 8.00. The van der Waals surface area contributed by atoms with Crippen LogP contribution in [0.1, 0.15) is 38.0 Å². The van der Waals surface area contributed by atoms with Crippen molar-refractivity contribution in [1.29, 1.82) is 0 Å². The van der Waals surface area contributed by atoms with E-state index in [9.17, 15) is 4.79 Å². The van der Waals surface area contributed by atoms with Crippen molar-refractivity contribution in [2.24, 2.45) is 0 Å². The Morgan fingerprint density at radius 1 is 1.48 bits per heavy atom. The number of carboxylic acid groups (broad SMARTS) is 1. The van der Waals surface area contributed by atoms with Crippen molar-refractivity contribution in [3.05, 3.63) is 34.5 Å². The van der Waals surface area contributed by atoms with Crippen molar-refractivity contribution >= 4 is 32.9 Å². The molecule has 1 aliphatic carbocycles. The molecule has 1 aliphatic rings. The van der Waals surface area contributed by atoms with Crippen LogP contribution in [-0.4, -0.2) is 28.6 Å². The monoisotopic (exact) mass is 351 g/mol. The number of carbonyl (C=O) groups is 1. The van der Waals surface area contributed by atoms with Crippen LogP contribution in [0.25, 0.3) is 11.0 Å². The van der Waals surface area contributed by atoms with Crippen molar-refractivity contribution in [3.8, 4) is 0 Å². The van der Waals surface area contributed by atoms with Crippen LogP contribution in [0.5, 0.6) is 0 Å². The minimum Gasteiger partial charge on any atom is -0.481 e. The van der Waals surface area contributed by atoms with E-state index in [4.69, 9.17) is 9.52 Å². The number of halogens is 1. The van der Waals surface area contributed by atoms with Gasteiger partial charge in [0.1, 0.15) is 11.3 Å². The maximum atomic E-state index is 10.8. The summed E-state index contributed by atoms with van der Waals surface area (Å²) in [6.07, 6.45) is 2.47. The lowest BCUT2D eigenvalue weighted by Gasteiger charge is -2.27. The van der Waals surface area contributed by atoms with Gasteiger partial charge in [0, 0.05) is 22.4 Å². The van der Waals surface area contributed by atoms with Crippen molar-refractivity contribution in [2.75, 3.05) is 6.54 Å². The molecule has 1 unspecified atom stereocenters. The Balaban J connectivity index is 1.82. The molecule has 0 amide bonds. The van der Waals surface area contributed by atoms with Crippen molar-refractivity contribution in [2.45, 2.75) is 38.3 Å². The molecule has 1 saturated carbocycles. The first kappa shape index (κ1) is 14.6. The van der Waals surface area contributed by atoms with Crippen LogP contribution in [0.4, 0.5) is 0 Å². The standard InChI is InChI=1S/C16H18BrNO3/c1-10(18(13-3-4-13)7-6-16(19)20)15-9-11-8-12(17)2-5-14(11)21-15/h2,5,8-10,13H,3-4,6-7H2,1H3,(H,19,20). The van der Waals surface area contributed by atoms with Gasteiger partial charge < -0.3 is 9.52 Å². The molecule has 1 atom stereocenters. The summed E-state index contributed by atoms with van der Waals surface area (Å²) < 4.78 is 6.97. The van der Waals surface area contributed by atoms with Crippen molar-refractivity contribution < 1.29 is 14.3 Å². The fourth-order valence-corrected chi connectivity index (χ4v) is 3.11. The molecule has 1 fully saturated rings. The normalized spacial score (nSPS) is 16.5. The molecule has 0 radical (unpaired) electrons. The van der Waals surface area contributed by atoms with Gasteiger partial charge in [-0.2, -0.15) is 0 Å². The highest BCUT2D eigenvalue weighted by molar-refractivity contribution is 9.10. The van der Waals surface area contributed by atoms with E-state index in [-0.39, 0.29) is 12.5 Å². The number of benzene rings is 1. The van der Waals surface area contributed by atoms with Gasteiger partial charge in [0.25, 0.3) is 0 Å². The summed E-state index contributed by atoms with van der Waals surface area (Å²) >= 11 is 3.46. The highest BCUT2D eigenvalue weighted by Crippen LogP contribution is 2.36. The van der Waals surface area contributed by atoms with Crippen molar-refractivity contribution in [3.63, 3.8) is 0 Å². The SMILES string of the molecule is CC(c1cc2cc(Br)ccc2o1)N(CCC(=O)O)C1CC1. The highest BCUT2D eigenvalue weighted by atomic mass is 79.9. The number of fused-ring (bicyclic) bond motifs is 1. The van der Waals surface area contributed by atoms with Crippen LogP contribution in [-0.2, 0) is 4.79 Å². The Hall–Kier alpha value is -1.33. The van der Waals surface area contributed by atoms with E-state index in [1.165, 1.54) is 0 Å². The molecule has 1 aromatic carbocycles. The second-order valence-corrected chi connectivity index (χ2v) is 6.54. The molecular formula is C16H18BrNO3. The molecule has 1 heterocycles. The maximum absolute atomic E-state index is 10.8. The first-order chi connectivity index (χ1) is 10.0. The summed E-state index contributed by atoms with van der Waals surface area (Å²) in [6.45, 7) is 2.66. The van der Waals surface area contributed by atoms with Gasteiger partial charge in [-0.3, -0.25) is 9.69 Å². The summed E-state index contributed by atoms with van der Waals surface area (Å²) in [7, 11) is 0. The van der Waals surface area contributed by atoms with Crippen LogP contribution < -0.4 is 0 Å². The van der Waals surface area contributed by atoms with E-state index in [2.05, 4.69) is 33.8 Å². The van der Waals surface area contributed by atoms with E-state index in [1.807, 2.05) is 18.2 Å². The van der Waals surface area contributed by atoms with Gasteiger partial charge in [0.05, 0.1) is 12.5 Å². The Labute approximate surface area is 131 Å². The lowest BCUT2D eigenvalue weighted by Crippen LogP contribution is -2.31. The third kappa shape index (κ3) is 3.30. The minimum atomic E-state index is -0.749. The molecule has 0 bridgehead atoms. The largest absolute Gasteiger partial charge is 0.481 e. The molecule has 4 nitrogen and oxygen atoms in total. The lowest BCUT2D eigenvalue weighted by molar-refractivity contribution is -0.137. The van der Waals surface area contributed by atoms with Crippen LogP contribution in [0.15, 0.2) is 33.2 Å². The number of hydrogen-bond donors (Lipinski definition) is 1. The van der Waals surface area contributed by atoms with Crippen LogP contribution in [0.3, 0.4) is 0 Å². The fourth-order valence-electron chi connectivity index (χ4n) is 2.73. The third-order valence-electron chi connectivity index (χ3n) is 4.01. The Morgan fingerprint density at radius 2 is 2.24 bits per heavy atom. The van der Waals surface area contributed by atoms with E-state index in [0.29, 0.717) is 12.6 Å². The molecule has 1 N–H and O–H groups in total. The summed E-state index contributed by atoms with van der Waals surface area (Å²) in [5.74, 6) is 0.154. The molecular weight excluding hydrogens is 334 g/mol. The zero-order chi connectivity index (χ0) is 15.0. The summed E-state index contributed by atoms with van der Waals surface area (Å²) in [6, 6.07) is 8.61. The van der Waals surface area contributed by atoms with E-state index in [1.54, 1.807) is 0 Å². The molecule has 0 spiro atoms. The van der Waals surface area contributed by atoms with Gasteiger partial charge in [-0.25, -0.2) is 0 Å². The molecule has 3 rings (SSSR count). The smallest absolute Gasteiger partial charge is 0.304 e. The molecule has 0 aliphatic heterocycles. The predicted molar refractivity (Wildman–Crippen MR) is 84.3 cm³/mol. The number of carboxylic acids is 1. The maximum Gasteiger partial charge on any atom is 0.304 e. The van der Waals surface area contributed by atoms with E-state index < -0.39 is 5.97 Å². The number of nitrogens with zero attached hydrogens (tertiary/aromatic N) is 1. The molecule has 0 saturated heterocycles. The Bertz CT molecular complexity index is 663. The molecule has 1 aromatic heterocycles. The summed E-state index contributed by atoms with van der Waals surface area (Å²) in [4.78, 5) is 13.1. The van der Waals surface area contributed by atoms with Crippen LogP contribution in [0.2, 0.25) is 0 Å². The Morgan fingerprint density at radius 3 is 2.90 bits per heavy atom. The number of hydrogen-bond acceptors (Lipinski definition) is 3. The van der Waals surface area contributed by atoms with Gasteiger partial charge in [-0.15, -0.1) is 0 Å². The van der Waals surface area contributed by atoms with E-state index in [0.717, 1.165) is 34.0 Å². The average molecular weight is 352 g/mol. The third-order valence-corrected chi connectivity index (χ3v) is 4.50. The minimum absolute atomic E-state index is 0.100. The zero-order valence-corrected chi connectivity index (χ0v) is 13.5. The predicted octanol–water partition coefficient (Wildman–Crippen LogP) is 4.20. The molecule has 5 heteroatoms. The average Bonchev–Trinajstić information content (AvgIpc) is 3.17. The lowest BCUT2D eigenvalue weighted by atomic mass is 10.1. The quantitative estimate of drug-likeness (QED) is 0.847. The van der Waals surface area contributed by atoms with Crippen LogP contribution >= 0.6 is 15.9 Å². The zero-order valence-electron chi connectivity index (χ0n) is 11.9. The van der Waals surface area contributed by atoms with Gasteiger partial charge in [0.15, 0.2) is 0 Å². The second kappa shape index (κ2) is 5.81. The van der Waals surface area contributed by atoms with Gasteiger partial charge in [0.2, 0.25) is 0 Å². The van der Waals surface area contributed by atoms with Crippen molar-refractivity contribution in [1.82, 2.24) is 4.90 Å². The topological polar surface area (TPSA) is 53.7 Å². The summed E-state index contributed by atoms with van der Waals surface area (Å²) in [5, 5.41) is 9.98. The van der Waals surface area contributed by atoms with Gasteiger partial charge in [-0.1, -0.05) is 15.9 Å². The van der Waals surface area contributed by atoms with Gasteiger partial charge >= 0.3 is 5.97 Å². The fraction of sp³-hybridized carbons (Fsp3) is 0.438. The second-order valence-electron chi connectivity index (χ2n) is 5.62. The molecule has 2 aromatic rings. The first-order valence-electron chi connectivity index (χ1n) is 7.21.